The molecule has 0 heterocycles. The van der Waals surface area contributed by atoms with Gasteiger partial charge >= 0.3 is 5.97 Å². The summed E-state index contributed by atoms with van der Waals surface area (Å²) in [5.41, 5.74) is -1.85. The number of Topliss-reactive ketones (excluding diaryl/α,β-unsaturated/α-hetero) is 1. The SMILES string of the molecule is CCOC(=O)[C@@]1(F)C(=O)c2cc(OC)ccc2[C@H]1c1cccc(OC)c1. The maximum Gasteiger partial charge on any atom is 0.353 e. The molecular formula is C20H19FO5. The maximum absolute atomic E-state index is 16.0. The van der Waals surface area contributed by atoms with Crippen LogP contribution in [0.2, 0.25) is 0 Å². The van der Waals surface area contributed by atoms with E-state index in [1.165, 1.54) is 20.3 Å². The van der Waals surface area contributed by atoms with E-state index in [0.29, 0.717) is 22.6 Å². The van der Waals surface area contributed by atoms with Crippen LogP contribution in [0.1, 0.15) is 34.3 Å². The summed E-state index contributed by atoms with van der Waals surface area (Å²) in [5.74, 6) is -2.31. The number of fused-ring (bicyclic) bond motifs is 1. The first kappa shape index (κ1) is 17.9. The van der Waals surface area contributed by atoms with Crippen molar-refractivity contribution in [3.05, 3.63) is 59.2 Å². The number of alkyl halides is 1. The molecule has 0 spiro atoms. The van der Waals surface area contributed by atoms with E-state index in [9.17, 15) is 9.59 Å². The highest BCUT2D eigenvalue weighted by Crippen LogP contribution is 2.49. The van der Waals surface area contributed by atoms with Crippen LogP contribution in [0.5, 0.6) is 11.5 Å². The van der Waals surface area contributed by atoms with Crippen LogP contribution in [-0.4, -0.2) is 38.2 Å². The van der Waals surface area contributed by atoms with Crippen LogP contribution in [0.25, 0.3) is 0 Å². The normalized spacial score (nSPS) is 21.2. The minimum Gasteiger partial charge on any atom is -0.497 e. The molecule has 2 atom stereocenters. The van der Waals surface area contributed by atoms with E-state index in [2.05, 4.69) is 0 Å². The Morgan fingerprint density at radius 3 is 2.46 bits per heavy atom. The van der Waals surface area contributed by atoms with Crippen molar-refractivity contribution in [2.75, 3.05) is 20.8 Å². The van der Waals surface area contributed by atoms with Gasteiger partial charge in [0.2, 0.25) is 5.78 Å². The zero-order valence-corrected chi connectivity index (χ0v) is 14.7. The molecule has 0 radical (unpaired) electrons. The summed E-state index contributed by atoms with van der Waals surface area (Å²) >= 11 is 0. The van der Waals surface area contributed by atoms with Gasteiger partial charge in [0.15, 0.2) is 0 Å². The molecule has 0 aromatic heterocycles. The molecule has 0 N–H and O–H groups in total. The number of esters is 1. The van der Waals surface area contributed by atoms with Crippen molar-refractivity contribution in [2.45, 2.75) is 18.5 Å². The van der Waals surface area contributed by atoms with Gasteiger partial charge in [-0.3, -0.25) is 4.79 Å². The first-order valence-corrected chi connectivity index (χ1v) is 8.20. The molecule has 0 unspecified atom stereocenters. The molecule has 2 aromatic rings. The van der Waals surface area contributed by atoms with Gasteiger partial charge in [0.05, 0.1) is 26.7 Å². The molecule has 0 fully saturated rings. The summed E-state index contributed by atoms with van der Waals surface area (Å²) in [5, 5.41) is 0. The number of carbonyl (C=O) groups is 2. The lowest BCUT2D eigenvalue weighted by Crippen LogP contribution is -2.44. The Balaban J connectivity index is 2.22. The second-order valence-corrected chi connectivity index (χ2v) is 5.92. The molecule has 0 bridgehead atoms. The highest BCUT2D eigenvalue weighted by Gasteiger charge is 2.61. The van der Waals surface area contributed by atoms with Crippen LogP contribution >= 0.6 is 0 Å². The van der Waals surface area contributed by atoms with Gasteiger partial charge in [-0.15, -0.1) is 0 Å². The Bertz CT molecular complexity index is 863. The number of carbonyl (C=O) groups excluding carboxylic acids is 2. The van der Waals surface area contributed by atoms with E-state index in [-0.39, 0.29) is 12.2 Å². The molecule has 6 heteroatoms. The second-order valence-electron chi connectivity index (χ2n) is 5.92. The van der Waals surface area contributed by atoms with Crippen molar-refractivity contribution in [2.24, 2.45) is 0 Å². The van der Waals surface area contributed by atoms with E-state index in [1.54, 1.807) is 43.3 Å². The summed E-state index contributed by atoms with van der Waals surface area (Å²) in [6.07, 6.45) is 0. The van der Waals surface area contributed by atoms with Crippen LogP contribution < -0.4 is 9.47 Å². The molecule has 136 valence electrons. The molecule has 26 heavy (non-hydrogen) atoms. The van der Waals surface area contributed by atoms with Crippen molar-refractivity contribution in [1.29, 1.82) is 0 Å². The first-order valence-electron chi connectivity index (χ1n) is 8.20. The number of rotatable bonds is 5. The lowest BCUT2D eigenvalue weighted by atomic mass is 9.83. The number of benzene rings is 2. The van der Waals surface area contributed by atoms with Gasteiger partial charge in [0, 0.05) is 5.56 Å². The number of ether oxygens (including phenoxy) is 3. The average Bonchev–Trinajstić information content (AvgIpc) is 2.90. The Morgan fingerprint density at radius 1 is 1.12 bits per heavy atom. The average molecular weight is 358 g/mol. The van der Waals surface area contributed by atoms with E-state index < -0.39 is 23.3 Å². The predicted molar refractivity (Wildman–Crippen MR) is 92.6 cm³/mol. The molecule has 0 saturated heterocycles. The number of ketones is 1. The van der Waals surface area contributed by atoms with Gasteiger partial charge in [-0.05, 0) is 42.3 Å². The Hall–Kier alpha value is -2.89. The summed E-state index contributed by atoms with van der Waals surface area (Å²) in [4.78, 5) is 25.3. The molecular weight excluding hydrogens is 339 g/mol. The van der Waals surface area contributed by atoms with Gasteiger partial charge in [-0.25, -0.2) is 9.18 Å². The topological polar surface area (TPSA) is 61.8 Å². The fourth-order valence-corrected chi connectivity index (χ4v) is 3.33. The molecule has 0 amide bonds. The Kier molecular flexibility index (Phi) is 4.68. The summed E-state index contributed by atoms with van der Waals surface area (Å²) in [6.45, 7) is 1.54. The monoisotopic (exact) mass is 358 g/mol. The smallest absolute Gasteiger partial charge is 0.353 e. The molecule has 0 aliphatic heterocycles. The van der Waals surface area contributed by atoms with Gasteiger partial charge in [-0.2, -0.15) is 0 Å². The van der Waals surface area contributed by atoms with E-state index in [0.717, 1.165) is 0 Å². The van der Waals surface area contributed by atoms with Crippen molar-refractivity contribution >= 4 is 11.8 Å². The highest BCUT2D eigenvalue weighted by atomic mass is 19.1. The summed E-state index contributed by atoms with van der Waals surface area (Å²) in [7, 11) is 2.94. The van der Waals surface area contributed by atoms with Crippen LogP contribution in [0.4, 0.5) is 4.39 Å². The second kappa shape index (κ2) is 6.78. The predicted octanol–water partition coefficient (Wildman–Crippen LogP) is 3.30. The van der Waals surface area contributed by atoms with Crippen molar-refractivity contribution in [1.82, 2.24) is 0 Å². The van der Waals surface area contributed by atoms with E-state index in [4.69, 9.17) is 14.2 Å². The fourth-order valence-electron chi connectivity index (χ4n) is 3.33. The maximum atomic E-state index is 16.0. The zero-order chi connectivity index (χ0) is 18.9. The van der Waals surface area contributed by atoms with Crippen molar-refractivity contribution < 1.29 is 28.2 Å². The molecule has 5 nitrogen and oxygen atoms in total. The van der Waals surface area contributed by atoms with Gasteiger partial charge in [-0.1, -0.05) is 18.2 Å². The largest absolute Gasteiger partial charge is 0.497 e. The number of methoxy groups -OCH3 is 2. The van der Waals surface area contributed by atoms with Crippen molar-refractivity contribution in [3.8, 4) is 11.5 Å². The van der Waals surface area contributed by atoms with Crippen LogP contribution in [0.3, 0.4) is 0 Å². The van der Waals surface area contributed by atoms with Crippen LogP contribution in [0, 0.1) is 0 Å². The lowest BCUT2D eigenvalue weighted by molar-refractivity contribution is -0.154. The quantitative estimate of drug-likeness (QED) is 0.606. The standard InChI is InChI=1S/C20H19FO5/c1-4-26-19(23)20(21)17(12-6-5-7-13(10-12)24-2)15-9-8-14(25-3)11-16(15)18(20)22/h5-11,17H,4H2,1-3H3/t17-,20+/m1/s1. The molecule has 1 aliphatic carbocycles. The third-order valence-corrected chi connectivity index (χ3v) is 4.54. The third-order valence-electron chi connectivity index (χ3n) is 4.54. The van der Waals surface area contributed by atoms with E-state index in [1.807, 2.05) is 0 Å². The molecule has 0 saturated carbocycles. The number of hydrogen-bond donors (Lipinski definition) is 0. The molecule has 2 aromatic carbocycles. The highest BCUT2D eigenvalue weighted by molar-refractivity contribution is 6.20. The Morgan fingerprint density at radius 2 is 1.81 bits per heavy atom. The van der Waals surface area contributed by atoms with E-state index >= 15 is 4.39 Å². The van der Waals surface area contributed by atoms with Gasteiger partial charge in [0.1, 0.15) is 11.5 Å². The third kappa shape index (κ3) is 2.62. The van der Waals surface area contributed by atoms with Crippen LogP contribution in [0.15, 0.2) is 42.5 Å². The summed E-state index contributed by atoms with van der Waals surface area (Å²) in [6, 6.07) is 11.4. The molecule has 3 rings (SSSR count). The Labute approximate surface area is 150 Å². The first-order chi connectivity index (χ1) is 12.5. The van der Waals surface area contributed by atoms with Gasteiger partial charge in [0.25, 0.3) is 5.67 Å². The van der Waals surface area contributed by atoms with Crippen molar-refractivity contribution in [3.63, 3.8) is 0 Å². The molecule has 1 aliphatic rings. The fraction of sp³-hybridized carbons (Fsp3) is 0.300. The minimum atomic E-state index is -2.84. The minimum absolute atomic E-state index is 0.0255. The zero-order valence-electron chi connectivity index (χ0n) is 14.7. The summed E-state index contributed by atoms with van der Waals surface area (Å²) < 4.78 is 31.2. The number of hydrogen-bond acceptors (Lipinski definition) is 5. The van der Waals surface area contributed by atoms with Crippen LogP contribution in [-0.2, 0) is 9.53 Å². The number of halogens is 1. The van der Waals surface area contributed by atoms with Gasteiger partial charge < -0.3 is 14.2 Å². The lowest BCUT2D eigenvalue weighted by Gasteiger charge is -2.25.